The van der Waals surface area contributed by atoms with E-state index in [2.05, 4.69) is 144 Å². The summed E-state index contributed by atoms with van der Waals surface area (Å²) in [5, 5.41) is 6.91. The molecule has 0 amide bonds. The average molecular weight is 576 g/mol. The van der Waals surface area contributed by atoms with Crippen LogP contribution in [0.15, 0.2) is 160 Å². The molecular weight excluding hydrogens is 550 g/mol. The van der Waals surface area contributed by atoms with Gasteiger partial charge in [-0.15, -0.1) is 0 Å². The lowest BCUT2D eigenvalue weighted by Crippen LogP contribution is -1.93. The van der Waals surface area contributed by atoms with Gasteiger partial charge >= 0.3 is 0 Å². The molecule has 210 valence electrons. The van der Waals surface area contributed by atoms with Gasteiger partial charge in [-0.25, -0.2) is 0 Å². The molecular formula is C42H25NO2. The molecule has 0 atom stereocenters. The molecule has 0 fully saturated rings. The summed E-state index contributed by atoms with van der Waals surface area (Å²) in [5.41, 5.74) is 11.3. The minimum Gasteiger partial charge on any atom is -0.456 e. The van der Waals surface area contributed by atoms with Crippen molar-refractivity contribution >= 4 is 65.7 Å². The summed E-state index contributed by atoms with van der Waals surface area (Å²) < 4.78 is 15.6. The van der Waals surface area contributed by atoms with E-state index in [9.17, 15) is 0 Å². The number of aromatic nitrogens is 1. The van der Waals surface area contributed by atoms with Crippen LogP contribution in [0.5, 0.6) is 0 Å². The number of rotatable bonds is 3. The first-order valence-electron chi connectivity index (χ1n) is 15.3. The van der Waals surface area contributed by atoms with Crippen LogP contribution in [0.3, 0.4) is 0 Å². The molecule has 7 aromatic carbocycles. The topological polar surface area (TPSA) is 31.2 Å². The number of hydrogen-bond acceptors (Lipinski definition) is 2. The maximum Gasteiger partial charge on any atom is 0.159 e. The van der Waals surface area contributed by atoms with Gasteiger partial charge in [-0.05, 0) is 65.2 Å². The van der Waals surface area contributed by atoms with E-state index >= 15 is 0 Å². The summed E-state index contributed by atoms with van der Waals surface area (Å²) in [6.45, 7) is 0. The molecule has 3 nitrogen and oxygen atoms in total. The number of hydrogen-bond donors (Lipinski definition) is 0. The first kappa shape index (κ1) is 24.4. The van der Waals surface area contributed by atoms with Crippen LogP contribution in [0.25, 0.3) is 93.6 Å². The average Bonchev–Trinajstić information content (AvgIpc) is 3.77. The normalized spacial score (nSPS) is 12.0. The molecule has 0 unspecified atom stereocenters. The van der Waals surface area contributed by atoms with Crippen LogP contribution < -0.4 is 0 Å². The zero-order chi connectivity index (χ0) is 29.5. The maximum atomic E-state index is 6.95. The fourth-order valence-corrected chi connectivity index (χ4v) is 7.15. The molecule has 0 N–H and O–H groups in total. The summed E-state index contributed by atoms with van der Waals surface area (Å²) in [6.07, 6.45) is 0. The number of fused-ring (bicyclic) bond motifs is 9. The molecule has 3 heterocycles. The summed E-state index contributed by atoms with van der Waals surface area (Å²) >= 11 is 0. The van der Waals surface area contributed by atoms with Crippen molar-refractivity contribution in [1.82, 2.24) is 4.57 Å². The Bertz CT molecular complexity index is 2710. The Hall–Kier alpha value is -6.06. The lowest BCUT2D eigenvalue weighted by molar-refractivity contribution is 0.667. The van der Waals surface area contributed by atoms with E-state index in [1.165, 1.54) is 10.8 Å². The molecule has 3 aromatic heterocycles. The highest BCUT2D eigenvalue weighted by molar-refractivity contribution is 6.15. The highest BCUT2D eigenvalue weighted by atomic mass is 16.3. The Kier molecular flexibility index (Phi) is 5.00. The van der Waals surface area contributed by atoms with Crippen molar-refractivity contribution in [2.24, 2.45) is 0 Å². The van der Waals surface area contributed by atoms with E-state index in [-0.39, 0.29) is 0 Å². The van der Waals surface area contributed by atoms with E-state index in [1.807, 2.05) is 12.1 Å². The molecule has 10 aromatic rings. The van der Waals surface area contributed by atoms with Gasteiger partial charge in [0.25, 0.3) is 0 Å². The molecule has 0 bridgehead atoms. The van der Waals surface area contributed by atoms with Crippen molar-refractivity contribution in [3.8, 4) is 27.9 Å². The molecule has 0 saturated carbocycles. The predicted molar refractivity (Wildman–Crippen MR) is 186 cm³/mol. The minimum atomic E-state index is 0.876. The predicted octanol–water partition coefficient (Wildman–Crippen LogP) is 11.9. The van der Waals surface area contributed by atoms with Crippen LogP contribution >= 0.6 is 0 Å². The Labute approximate surface area is 258 Å². The second kappa shape index (κ2) is 9.22. The first-order chi connectivity index (χ1) is 22.3. The van der Waals surface area contributed by atoms with E-state index in [0.717, 1.165) is 82.9 Å². The van der Waals surface area contributed by atoms with Crippen molar-refractivity contribution in [2.75, 3.05) is 0 Å². The fourth-order valence-electron chi connectivity index (χ4n) is 7.15. The van der Waals surface area contributed by atoms with Gasteiger partial charge in [0.15, 0.2) is 5.58 Å². The minimum absolute atomic E-state index is 0.876. The smallest absolute Gasteiger partial charge is 0.159 e. The largest absolute Gasteiger partial charge is 0.456 e. The van der Waals surface area contributed by atoms with E-state index in [0.29, 0.717) is 0 Å². The van der Waals surface area contributed by atoms with E-state index in [4.69, 9.17) is 8.83 Å². The van der Waals surface area contributed by atoms with Crippen molar-refractivity contribution in [3.63, 3.8) is 0 Å². The SMILES string of the molecule is c1ccc(-c2cc(-c3ccc4c(c3)oc3ccccc34)cc3c2oc2c(-n4c5ccccc5c5ccccc54)cccc23)cc1. The Morgan fingerprint density at radius 2 is 1.02 bits per heavy atom. The van der Waals surface area contributed by atoms with Crippen LogP contribution in [0.2, 0.25) is 0 Å². The third-order valence-electron chi connectivity index (χ3n) is 9.20. The highest BCUT2D eigenvalue weighted by Gasteiger charge is 2.20. The molecule has 0 aliphatic heterocycles. The number of furan rings is 2. The van der Waals surface area contributed by atoms with Gasteiger partial charge in [-0.1, -0.05) is 103 Å². The van der Waals surface area contributed by atoms with Gasteiger partial charge in [0.05, 0.1) is 16.7 Å². The highest BCUT2D eigenvalue weighted by Crippen LogP contribution is 2.43. The monoisotopic (exact) mass is 575 g/mol. The lowest BCUT2D eigenvalue weighted by Gasteiger charge is -2.08. The third-order valence-corrected chi connectivity index (χ3v) is 9.20. The van der Waals surface area contributed by atoms with Gasteiger partial charge in [0.1, 0.15) is 16.7 Å². The standard InChI is InChI=1S/C42H25NO2/c1-2-11-26(12-3-1)34-23-28(27-21-22-32-31-15-6-9-20-39(31)44-40(32)25-27)24-35-33-16-10-19-38(42(33)45-41(34)35)43-36-17-7-4-13-29(36)30-14-5-8-18-37(30)43/h1-25H. The van der Waals surface area contributed by atoms with Gasteiger partial charge in [-0.3, -0.25) is 0 Å². The second-order valence-electron chi connectivity index (χ2n) is 11.7. The molecule has 0 radical (unpaired) electrons. The molecule has 0 aliphatic carbocycles. The number of benzene rings is 7. The zero-order valence-electron chi connectivity index (χ0n) is 24.2. The Balaban J connectivity index is 1.27. The van der Waals surface area contributed by atoms with Crippen LogP contribution in [-0.2, 0) is 0 Å². The van der Waals surface area contributed by atoms with Crippen molar-refractivity contribution in [1.29, 1.82) is 0 Å². The van der Waals surface area contributed by atoms with Gasteiger partial charge in [-0.2, -0.15) is 0 Å². The maximum absolute atomic E-state index is 6.95. The van der Waals surface area contributed by atoms with E-state index < -0.39 is 0 Å². The van der Waals surface area contributed by atoms with E-state index in [1.54, 1.807) is 0 Å². The molecule has 10 rings (SSSR count). The fraction of sp³-hybridized carbons (Fsp3) is 0. The molecule has 0 saturated heterocycles. The number of para-hydroxylation sites is 4. The molecule has 0 spiro atoms. The van der Waals surface area contributed by atoms with Crippen LogP contribution in [0.4, 0.5) is 0 Å². The van der Waals surface area contributed by atoms with Gasteiger partial charge in [0.2, 0.25) is 0 Å². The third kappa shape index (κ3) is 3.52. The van der Waals surface area contributed by atoms with Crippen molar-refractivity contribution in [3.05, 3.63) is 152 Å². The van der Waals surface area contributed by atoms with Crippen LogP contribution in [0.1, 0.15) is 0 Å². The molecule has 3 heteroatoms. The van der Waals surface area contributed by atoms with Crippen molar-refractivity contribution < 1.29 is 8.83 Å². The Morgan fingerprint density at radius 3 is 1.82 bits per heavy atom. The lowest BCUT2D eigenvalue weighted by atomic mass is 9.95. The summed E-state index contributed by atoms with van der Waals surface area (Å²) in [5.74, 6) is 0. The van der Waals surface area contributed by atoms with Gasteiger partial charge in [0, 0.05) is 37.9 Å². The van der Waals surface area contributed by atoms with Crippen LogP contribution in [-0.4, -0.2) is 4.57 Å². The second-order valence-corrected chi connectivity index (χ2v) is 11.7. The van der Waals surface area contributed by atoms with Crippen LogP contribution in [0, 0.1) is 0 Å². The first-order valence-corrected chi connectivity index (χ1v) is 15.3. The quantitative estimate of drug-likeness (QED) is 0.210. The number of nitrogens with zero attached hydrogens (tertiary/aromatic N) is 1. The van der Waals surface area contributed by atoms with Crippen molar-refractivity contribution in [2.45, 2.75) is 0 Å². The van der Waals surface area contributed by atoms with Gasteiger partial charge < -0.3 is 13.4 Å². The molecule has 45 heavy (non-hydrogen) atoms. The summed E-state index contributed by atoms with van der Waals surface area (Å²) in [7, 11) is 0. The summed E-state index contributed by atoms with van der Waals surface area (Å²) in [4.78, 5) is 0. The zero-order valence-corrected chi connectivity index (χ0v) is 24.2. The molecule has 0 aliphatic rings. The Morgan fingerprint density at radius 1 is 0.356 bits per heavy atom. The summed E-state index contributed by atoms with van der Waals surface area (Å²) in [6, 6.07) is 53.5.